The Bertz CT molecular complexity index is 1780. The summed E-state index contributed by atoms with van der Waals surface area (Å²) in [6, 6.07) is 10.2. The Labute approximate surface area is 254 Å². The number of rotatable bonds is 9. The second-order valence-electron chi connectivity index (χ2n) is 10.8. The third-order valence-corrected chi connectivity index (χ3v) is 11.2. The van der Waals surface area contributed by atoms with Crippen LogP contribution in [0.5, 0.6) is 0 Å². The van der Waals surface area contributed by atoms with Crippen LogP contribution in [-0.4, -0.2) is 88.9 Å². The Kier molecular flexibility index (Phi) is 8.52. The SMILES string of the molecule is Cc1sc2ncn(CC(=O)NCCCN3CCc4ccccc4C3)c(=O)c2c1S(=O)(=O)N1CCN(c2ncccn2)CC1. The van der Waals surface area contributed by atoms with Crippen LogP contribution in [0.3, 0.4) is 0 Å². The molecule has 0 spiro atoms. The van der Waals surface area contributed by atoms with Gasteiger partial charge in [0.25, 0.3) is 5.56 Å². The number of fused-ring (bicyclic) bond motifs is 2. The summed E-state index contributed by atoms with van der Waals surface area (Å²) in [6.45, 7) is 6.03. The van der Waals surface area contributed by atoms with Gasteiger partial charge in [0.1, 0.15) is 16.3 Å². The van der Waals surface area contributed by atoms with Crippen molar-refractivity contribution in [2.45, 2.75) is 37.8 Å². The van der Waals surface area contributed by atoms with Gasteiger partial charge in [0.2, 0.25) is 21.9 Å². The molecule has 0 unspecified atom stereocenters. The van der Waals surface area contributed by atoms with Crippen LogP contribution in [0, 0.1) is 6.92 Å². The van der Waals surface area contributed by atoms with Gasteiger partial charge in [0.05, 0.1) is 11.7 Å². The van der Waals surface area contributed by atoms with E-state index in [2.05, 4.69) is 49.4 Å². The molecule has 226 valence electrons. The molecule has 12 nitrogen and oxygen atoms in total. The fourth-order valence-electron chi connectivity index (χ4n) is 5.73. The number of thiophene rings is 1. The van der Waals surface area contributed by atoms with Gasteiger partial charge in [-0.25, -0.2) is 23.4 Å². The zero-order chi connectivity index (χ0) is 30.0. The molecule has 1 aromatic carbocycles. The number of sulfonamides is 1. The lowest BCUT2D eigenvalue weighted by atomic mass is 10.00. The molecule has 2 aliphatic rings. The minimum absolute atomic E-state index is 0.0210. The van der Waals surface area contributed by atoms with E-state index >= 15 is 0 Å². The van der Waals surface area contributed by atoms with Gasteiger partial charge in [-0.15, -0.1) is 11.3 Å². The number of hydrogen-bond donors (Lipinski definition) is 1. The first kappa shape index (κ1) is 29.4. The fraction of sp³-hybridized carbons (Fsp3) is 0.414. The standard InChI is InChI=1S/C29H34N8O4S2/c1-21-26(43(40,41)37-16-14-35(15-17-37)29-31-9-4-10-32-29)25-27(42-21)33-20-36(28(25)39)19-24(38)30-11-5-12-34-13-8-22-6-2-3-7-23(22)18-34/h2-4,6-7,9-10,20H,5,8,11-19H2,1H3,(H,30,38). The molecular formula is C29H34N8O4S2. The fourth-order valence-corrected chi connectivity index (χ4v) is 8.82. The van der Waals surface area contributed by atoms with Crippen molar-refractivity contribution in [3.05, 3.63) is 75.4 Å². The van der Waals surface area contributed by atoms with E-state index in [1.165, 1.54) is 37.7 Å². The van der Waals surface area contributed by atoms with Crippen LogP contribution in [0.1, 0.15) is 22.4 Å². The van der Waals surface area contributed by atoms with E-state index < -0.39 is 15.6 Å². The maximum absolute atomic E-state index is 13.8. The van der Waals surface area contributed by atoms with Gasteiger partial charge in [-0.1, -0.05) is 24.3 Å². The lowest BCUT2D eigenvalue weighted by Gasteiger charge is -2.33. The quantitative estimate of drug-likeness (QED) is 0.277. The molecule has 0 bridgehead atoms. The van der Waals surface area contributed by atoms with Crippen molar-refractivity contribution in [2.75, 3.05) is 50.7 Å². The van der Waals surface area contributed by atoms with Crippen LogP contribution in [0.25, 0.3) is 10.2 Å². The Morgan fingerprint density at radius 1 is 1.00 bits per heavy atom. The van der Waals surface area contributed by atoms with E-state index in [9.17, 15) is 18.0 Å². The predicted octanol–water partition coefficient (Wildman–Crippen LogP) is 1.63. The summed E-state index contributed by atoms with van der Waals surface area (Å²) in [5.41, 5.74) is 2.22. The molecule has 1 amide bonds. The first-order chi connectivity index (χ1) is 20.8. The molecule has 43 heavy (non-hydrogen) atoms. The Morgan fingerprint density at radius 3 is 2.51 bits per heavy atom. The summed E-state index contributed by atoms with van der Waals surface area (Å²) < 4.78 is 30.2. The molecule has 0 radical (unpaired) electrons. The van der Waals surface area contributed by atoms with Crippen LogP contribution in [-0.2, 0) is 34.3 Å². The summed E-state index contributed by atoms with van der Waals surface area (Å²) in [4.78, 5) is 44.3. The summed E-state index contributed by atoms with van der Waals surface area (Å²) in [5, 5.41) is 2.93. The van der Waals surface area contributed by atoms with E-state index in [1.807, 2.05) is 4.90 Å². The minimum atomic E-state index is -3.98. The van der Waals surface area contributed by atoms with Crippen LogP contribution in [0.2, 0.25) is 0 Å². The van der Waals surface area contributed by atoms with E-state index in [-0.39, 0.29) is 35.8 Å². The molecule has 5 heterocycles. The van der Waals surface area contributed by atoms with Crippen molar-refractivity contribution < 1.29 is 13.2 Å². The highest BCUT2D eigenvalue weighted by molar-refractivity contribution is 7.89. The Hall–Kier alpha value is -3.72. The summed E-state index contributed by atoms with van der Waals surface area (Å²) in [6.07, 6.45) is 6.44. The molecule has 6 rings (SSSR count). The number of amides is 1. The normalized spacial score (nSPS) is 16.3. The highest BCUT2D eigenvalue weighted by Crippen LogP contribution is 2.33. The summed E-state index contributed by atoms with van der Waals surface area (Å²) in [7, 11) is -3.98. The lowest BCUT2D eigenvalue weighted by Crippen LogP contribution is -2.49. The molecular weight excluding hydrogens is 589 g/mol. The zero-order valence-electron chi connectivity index (χ0n) is 24.0. The number of carbonyl (C=O) groups excluding carboxylic acids is 1. The van der Waals surface area contributed by atoms with Crippen molar-refractivity contribution in [1.29, 1.82) is 0 Å². The van der Waals surface area contributed by atoms with Gasteiger partial charge in [-0.2, -0.15) is 4.31 Å². The van der Waals surface area contributed by atoms with Gasteiger partial charge in [-0.3, -0.25) is 19.1 Å². The molecule has 0 atom stereocenters. The maximum Gasteiger partial charge on any atom is 0.263 e. The highest BCUT2D eigenvalue weighted by Gasteiger charge is 2.34. The number of carbonyl (C=O) groups is 1. The van der Waals surface area contributed by atoms with Crippen LogP contribution in [0.15, 0.2) is 58.7 Å². The minimum Gasteiger partial charge on any atom is -0.354 e. The monoisotopic (exact) mass is 622 g/mol. The van der Waals surface area contributed by atoms with Gasteiger partial charge in [0.15, 0.2) is 0 Å². The first-order valence-electron chi connectivity index (χ1n) is 14.4. The van der Waals surface area contributed by atoms with Crippen molar-refractivity contribution in [3.8, 4) is 0 Å². The number of aromatic nitrogens is 4. The zero-order valence-corrected chi connectivity index (χ0v) is 25.6. The van der Waals surface area contributed by atoms with E-state index in [1.54, 1.807) is 25.4 Å². The average molecular weight is 623 g/mol. The third kappa shape index (κ3) is 6.18. The molecule has 1 N–H and O–H groups in total. The maximum atomic E-state index is 13.8. The van der Waals surface area contributed by atoms with Gasteiger partial charge >= 0.3 is 0 Å². The molecule has 3 aromatic heterocycles. The van der Waals surface area contributed by atoms with Crippen LogP contribution < -0.4 is 15.8 Å². The van der Waals surface area contributed by atoms with Crippen molar-refractivity contribution in [1.82, 2.24) is 34.0 Å². The number of aryl methyl sites for hydroxylation is 1. The van der Waals surface area contributed by atoms with Crippen molar-refractivity contribution >= 4 is 43.4 Å². The van der Waals surface area contributed by atoms with Crippen molar-refractivity contribution in [3.63, 3.8) is 0 Å². The number of piperazine rings is 1. The second kappa shape index (κ2) is 12.5. The number of benzene rings is 1. The van der Waals surface area contributed by atoms with Crippen molar-refractivity contribution in [2.24, 2.45) is 0 Å². The predicted molar refractivity (Wildman–Crippen MR) is 165 cm³/mol. The molecule has 0 saturated carbocycles. The molecule has 14 heteroatoms. The molecule has 2 aliphatic heterocycles. The Morgan fingerprint density at radius 2 is 1.74 bits per heavy atom. The first-order valence-corrected chi connectivity index (χ1v) is 16.6. The van der Waals surface area contributed by atoms with E-state index in [4.69, 9.17) is 0 Å². The van der Waals surface area contributed by atoms with Gasteiger partial charge < -0.3 is 10.2 Å². The van der Waals surface area contributed by atoms with Gasteiger partial charge in [0, 0.05) is 69.6 Å². The highest BCUT2D eigenvalue weighted by atomic mass is 32.2. The largest absolute Gasteiger partial charge is 0.354 e. The summed E-state index contributed by atoms with van der Waals surface area (Å²) >= 11 is 1.17. The number of nitrogens with one attached hydrogen (secondary N) is 1. The molecule has 4 aromatic rings. The molecule has 0 aliphatic carbocycles. The number of hydrogen-bond acceptors (Lipinski definition) is 10. The van der Waals surface area contributed by atoms with Crippen LogP contribution in [0.4, 0.5) is 5.95 Å². The lowest BCUT2D eigenvalue weighted by molar-refractivity contribution is -0.121. The smallest absolute Gasteiger partial charge is 0.263 e. The van der Waals surface area contributed by atoms with E-state index in [0.29, 0.717) is 35.3 Å². The third-order valence-electron chi connectivity index (χ3n) is 7.97. The molecule has 1 saturated heterocycles. The topological polar surface area (TPSA) is 134 Å². The Balaban J connectivity index is 1.09. The van der Waals surface area contributed by atoms with Crippen LogP contribution >= 0.6 is 11.3 Å². The summed E-state index contributed by atoms with van der Waals surface area (Å²) in [5.74, 6) is 0.238. The second-order valence-corrected chi connectivity index (χ2v) is 13.9. The van der Waals surface area contributed by atoms with E-state index in [0.717, 1.165) is 32.5 Å². The average Bonchev–Trinajstić information content (AvgIpc) is 3.38. The van der Waals surface area contributed by atoms with Gasteiger partial charge in [-0.05, 0) is 37.0 Å². The number of nitrogens with zero attached hydrogens (tertiary/aromatic N) is 7. The molecule has 1 fully saturated rings. The number of anilines is 1.